The molecule has 0 aromatic rings. The van der Waals surface area contributed by atoms with Crippen molar-refractivity contribution in [3.8, 4) is 0 Å². The first kappa shape index (κ1) is 61.7. The van der Waals surface area contributed by atoms with Gasteiger partial charge in [-0.1, -0.05) is 55.2 Å². The number of allylic oxidation sites excluding steroid dienone is 3. The Kier molecular flexibility index (Phi) is 19.9. The van der Waals surface area contributed by atoms with E-state index in [1.807, 2.05) is 0 Å². The number of rotatable bonds is 15. The van der Waals surface area contributed by atoms with Gasteiger partial charge in [-0.05, 0) is 137 Å². The van der Waals surface area contributed by atoms with Gasteiger partial charge in [-0.15, -0.1) is 0 Å². The standard InChI is InChI=1S/2C20H31NO4.C18H26O5.C3H8/c2*1-13(2)7-8-15-19(3,25-15)18-17(23-6)14(11-16(22)21(4)5)9-10-20(18)12-24-20;1-11(2)5-6-13-17(3,23-13)16-15(21-4)12(9-14(19)20)7-8-18(16)10-22-18;1-3-2/h2*7,11,15,17-18H,8-10,12H2,1-6H3;5,9,13,15-16H,6-8,10H2,1-4H3,(H,19,20);3H2,1-2H3/t2*15-,17-,18-,19+,20+;13-,15-,16-,17+,18+;/m111./s1. The average Bonchev–Trinajstić information content (AvgIpc) is 4.06. The van der Waals surface area contributed by atoms with Gasteiger partial charge in [0.15, 0.2) is 0 Å². The maximum Gasteiger partial charge on any atom is 0.328 e. The monoisotopic (exact) mass is 1060 g/mol. The fourth-order valence-electron chi connectivity index (χ4n) is 12.7. The van der Waals surface area contributed by atoms with Gasteiger partial charge in [0.25, 0.3) is 0 Å². The number of epoxide rings is 6. The van der Waals surface area contributed by atoms with Crippen LogP contribution in [0, 0.1) is 17.8 Å². The van der Waals surface area contributed by atoms with Gasteiger partial charge >= 0.3 is 5.97 Å². The lowest BCUT2D eigenvalue weighted by atomic mass is 9.67. The van der Waals surface area contributed by atoms with E-state index in [-0.39, 0.29) is 99.8 Å². The van der Waals surface area contributed by atoms with Crippen molar-refractivity contribution in [2.45, 2.75) is 211 Å². The molecule has 1 N–H and O–H groups in total. The van der Waals surface area contributed by atoms with Crippen LogP contribution in [0.1, 0.15) is 140 Å². The zero-order chi connectivity index (χ0) is 56.3. The maximum absolute atomic E-state index is 12.2. The van der Waals surface area contributed by atoms with Crippen molar-refractivity contribution in [2.75, 3.05) is 69.3 Å². The highest BCUT2D eigenvalue weighted by molar-refractivity contribution is 5.88. The number of ether oxygens (including phenoxy) is 9. The lowest BCUT2D eigenvalue weighted by Crippen LogP contribution is -2.50. The van der Waals surface area contributed by atoms with Crippen LogP contribution in [0.3, 0.4) is 0 Å². The molecule has 3 aliphatic carbocycles. The Bertz CT molecular complexity index is 2170. The number of carbonyl (C=O) groups is 3. The Morgan fingerprint density at radius 2 is 0.776 bits per heavy atom. The van der Waals surface area contributed by atoms with Crippen molar-refractivity contribution in [3.63, 3.8) is 0 Å². The summed E-state index contributed by atoms with van der Waals surface area (Å²) in [6.45, 7) is 25.5. The molecule has 0 aromatic carbocycles. The van der Waals surface area contributed by atoms with Gasteiger partial charge in [-0.25, -0.2) is 4.79 Å². The van der Waals surface area contributed by atoms with Crippen LogP contribution in [-0.2, 0) is 57.0 Å². The molecule has 15 atom stereocenters. The summed E-state index contributed by atoms with van der Waals surface area (Å²) in [5, 5.41) is 9.12. The molecule has 0 unspecified atom stereocenters. The van der Waals surface area contributed by atoms with Gasteiger partial charge in [-0.3, -0.25) is 9.59 Å². The fraction of sp³-hybridized carbons (Fsp3) is 0.754. The van der Waals surface area contributed by atoms with Crippen molar-refractivity contribution < 1.29 is 62.1 Å². The van der Waals surface area contributed by atoms with Crippen LogP contribution in [0.15, 0.2) is 69.9 Å². The van der Waals surface area contributed by atoms with Crippen LogP contribution >= 0.6 is 0 Å². The molecule has 0 radical (unpaired) electrons. The molecule has 6 aliphatic heterocycles. The van der Waals surface area contributed by atoms with E-state index in [1.54, 1.807) is 71.5 Å². The molecule has 2 amide bonds. The van der Waals surface area contributed by atoms with E-state index in [2.05, 4.69) is 94.4 Å². The predicted octanol–water partition coefficient (Wildman–Crippen LogP) is 9.54. The van der Waals surface area contributed by atoms with E-state index < -0.39 is 5.97 Å². The lowest BCUT2D eigenvalue weighted by Gasteiger charge is -2.40. The summed E-state index contributed by atoms with van der Waals surface area (Å²) < 4.78 is 53.6. The molecule has 15 nitrogen and oxygen atoms in total. The highest BCUT2D eigenvalue weighted by Gasteiger charge is 2.73. The SMILES string of the molecule is CCC.CO[C@@H]1C(=CC(=O)N(C)C)CC[C@]2(CO2)[C@H]1[C@@]1(C)O[C@@H]1CC=C(C)C.CO[C@@H]1C(=CC(=O)N(C)C)CC[C@]2(CO2)[C@H]1[C@@]1(C)O[C@@H]1CC=C(C)C.CO[C@@H]1C(=CC(=O)O)CC[C@]2(CO2)[C@H]1[C@@]1(C)O[C@@H]1CC=C(C)C. The number of likely N-dealkylation sites (N-methyl/N-ethyl adjacent to an activating group) is 2. The van der Waals surface area contributed by atoms with Crippen molar-refractivity contribution in [1.82, 2.24) is 9.80 Å². The van der Waals surface area contributed by atoms with Gasteiger partial charge in [0.2, 0.25) is 11.8 Å². The fourth-order valence-corrected chi connectivity index (χ4v) is 12.7. The van der Waals surface area contributed by atoms with Crippen molar-refractivity contribution in [2.24, 2.45) is 17.8 Å². The summed E-state index contributed by atoms with van der Waals surface area (Å²) in [6, 6.07) is 0. The summed E-state index contributed by atoms with van der Waals surface area (Å²) in [5.41, 5.74) is 5.51. The van der Waals surface area contributed by atoms with Gasteiger partial charge in [0.05, 0.1) is 74.2 Å². The smallest absolute Gasteiger partial charge is 0.328 e. The zero-order valence-corrected chi connectivity index (χ0v) is 49.6. The van der Waals surface area contributed by atoms with Crippen molar-refractivity contribution >= 4 is 17.8 Å². The minimum Gasteiger partial charge on any atom is -0.478 e. The Hall–Kier alpha value is -3.51. The molecule has 9 fully saturated rings. The largest absolute Gasteiger partial charge is 0.478 e. The van der Waals surface area contributed by atoms with E-state index in [0.29, 0.717) is 13.0 Å². The molecule has 3 spiro atoms. The summed E-state index contributed by atoms with van der Waals surface area (Å²) in [4.78, 5) is 38.7. The second-order valence-electron chi connectivity index (χ2n) is 24.6. The van der Waals surface area contributed by atoms with Crippen LogP contribution < -0.4 is 0 Å². The quantitative estimate of drug-likeness (QED) is 0.0932. The number of carboxylic acids is 1. The maximum atomic E-state index is 12.2. The number of nitrogens with zero attached hydrogens (tertiary/aromatic N) is 2. The van der Waals surface area contributed by atoms with E-state index in [9.17, 15) is 14.4 Å². The molecule has 0 bridgehead atoms. The van der Waals surface area contributed by atoms with Crippen LogP contribution in [0.2, 0.25) is 0 Å². The Labute approximate surface area is 455 Å². The molecule has 3 saturated carbocycles. The Morgan fingerprint density at radius 1 is 0.526 bits per heavy atom. The summed E-state index contributed by atoms with van der Waals surface area (Å²) in [7, 11) is 12.2. The number of hydrogen-bond donors (Lipinski definition) is 1. The summed E-state index contributed by atoms with van der Waals surface area (Å²) in [5.74, 6) is -0.629. The molecule has 15 heteroatoms. The van der Waals surface area contributed by atoms with Crippen LogP contribution in [0.4, 0.5) is 0 Å². The van der Waals surface area contributed by atoms with Crippen LogP contribution in [0.5, 0.6) is 0 Å². The first-order chi connectivity index (χ1) is 35.7. The molecule has 0 aromatic heterocycles. The van der Waals surface area contributed by atoms with Gasteiger partial charge in [0.1, 0.15) is 33.6 Å². The predicted molar refractivity (Wildman–Crippen MR) is 294 cm³/mol. The zero-order valence-electron chi connectivity index (χ0n) is 49.6. The molecule has 6 saturated heterocycles. The normalized spacial score (nSPS) is 40.3. The minimum absolute atomic E-state index is 0.00595. The third-order valence-corrected chi connectivity index (χ3v) is 17.3. The molecule has 9 rings (SSSR count). The molecule has 76 heavy (non-hydrogen) atoms. The van der Waals surface area contributed by atoms with Gasteiger partial charge in [-0.2, -0.15) is 0 Å². The van der Waals surface area contributed by atoms with Gasteiger partial charge in [0, 0.05) is 67.7 Å². The van der Waals surface area contributed by atoms with Crippen LogP contribution in [-0.4, -0.2) is 172 Å². The first-order valence-electron chi connectivity index (χ1n) is 27.9. The molecule has 428 valence electrons. The summed E-state index contributed by atoms with van der Waals surface area (Å²) in [6.07, 6.45) is 20.4. The van der Waals surface area contributed by atoms with E-state index >= 15 is 0 Å². The topological polar surface area (TPSA) is 181 Å². The van der Waals surface area contributed by atoms with Crippen LogP contribution in [0.25, 0.3) is 0 Å². The number of methoxy groups -OCH3 is 3. The Morgan fingerprint density at radius 3 is 0.974 bits per heavy atom. The minimum atomic E-state index is -0.920. The number of hydrogen-bond acceptors (Lipinski definition) is 12. The Balaban J connectivity index is 0.000000180. The lowest BCUT2D eigenvalue weighted by molar-refractivity contribution is -0.131. The van der Waals surface area contributed by atoms with E-state index in [0.717, 1.165) is 81.3 Å². The van der Waals surface area contributed by atoms with Gasteiger partial charge < -0.3 is 57.5 Å². The van der Waals surface area contributed by atoms with Crippen molar-refractivity contribution in [1.29, 1.82) is 0 Å². The third-order valence-electron chi connectivity index (χ3n) is 17.3. The summed E-state index contributed by atoms with van der Waals surface area (Å²) >= 11 is 0. The second-order valence-corrected chi connectivity index (χ2v) is 24.6. The van der Waals surface area contributed by atoms with E-state index in [1.165, 1.54) is 29.2 Å². The molecular formula is C61H96N2O13. The van der Waals surface area contributed by atoms with Crippen molar-refractivity contribution in [3.05, 3.63) is 69.9 Å². The molecule has 6 heterocycles. The average molecular weight is 1070 g/mol. The second kappa shape index (κ2) is 24.5. The highest BCUT2D eigenvalue weighted by atomic mass is 16.6. The number of amides is 2. The molecular weight excluding hydrogens is 969 g/mol. The third kappa shape index (κ3) is 13.7. The molecule has 9 aliphatic rings. The van der Waals surface area contributed by atoms with E-state index in [4.69, 9.17) is 47.7 Å². The first-order valence-corrected chi connectivity index (χ1v) is 27.9. The highest BCUT2D eigenvalue weighted by Crippen LogP contribution is 2.63. The number of carbonyl (C=O) groups excluding carboxylic acids is 2. The number of carboxylic acid groups (broad SMARTS) is 1. The number of aliphatic carboxylic acids is 1.